The maximum absolute atomic E-state index is 14.4. The van der Waals surface area contributed by atoms with Crippen molar-refractivity contribution in [2.75, 3.05) is 30.5 Å². The van der Waals surface area contributed by atoms with Gasteiger partial charge in [0.05, 0.1) is 31.1 Å². The number of anilines is 2. The molecular formula is C33H41BrN4O4. The number of aliphatic hydroxyl groups excluding tert-OH is 1. The molecule has 0 spiro atoms. The molecule has 1 fully saturated rings. The lowest BCUT2D eigenvalue weighted by atomic mass is 9.86. The maximum atomic E-state index is 14.4. The molecule has 1 heterocycles. The van der Waals surface area contributed by atoms with Crippen LogP contribution in [-0.2, 0) is 16.1 Å². The molecule has 0 radical (unpaired) electrons. The molecule has 2 aliphatic rings. The Balaban J connectivity index is 1.58. The summed E-state index contributed by atoms with van der Waals surface area (Å²) in [5, 5.41) is 19.6. The number of methoxy groups -OCH3 is 1. The molecule has 1 aliphatic heterocycles. The van der Waals surface area contributed by atoms with Crippen molar-refractivity contribution >= 4 is 49.9 Å². The van der Waals surface area contributed by atoms with Gasteiger partial charge in [-0.25, -0.2) is 0 Å². The second-order valence-corrected chi connectivity index (χ2v) is 12.4. The summed E-state index contributed by atoms with van der Waals surface area (Å²) in [6.07, 6.45) is 5.67. The summed E-state index contributed by atoms with van der Waals surface area (Å²) in [5.74, 6) is 0.615. The number of hydrogen-bond acceptors (Lipinski definition) is 6. The van der Waals surface area contributed by atoms with Crippen LogP contribution in [0.15, 0.2) is 59.1 Å². The minimum atomic E-state index is -0.864. The average Bonchev–Trinajstić information content (AvgIpc) is 3.11. The summed E-state index contributed by atoms with van der Waals surface area (Å²) in [4.78, 5) is 31.2. The predicted molar refractivity (Wildman–Crippen MR) is 171 cm³/mol. The molecule has 1 unspecified atom stereocenters. The molecule has 9 heteroatoms. The van der Waals surface area contributed by atoms with E-state index < -0.39 is 18.3 Å². The highest BCUT2D eigenvalue weighted by Crippen LogP contribution is 2.39. The van der Waals surface area contributed by atoms with Crippen LogP contribution in [0.3, 0.4) is 0 Å². The van der Waals surface area contributed by atoms with Crippen LogP contribution < -0.4 is 25.2 Å². The van der Waals surface area contributed by atoms with Crippen LogP contribution >= 0.6 is 15.9 Å². The zero-order valence-corrected chi connectivity index (χ0v) is 26.2. The number of carbonyl (C=O) groups is 2. The van der Waals surface area contributed by atoms with Crippen molar-refractivity contribution in [1.29, 1.82) is 0 Å². The number of fused-ring (bicyclic) bond motifs is 2. The van der Waals surface area contributed by atoms with E-state index in [-0.39, 0.29) is 24.9 Å². The first-order valence-electron chi connectivity index (χ1n) is 14.9. The lowest BCUT2D eigenvalue weighted by Gasteiger charge is -2.34. The fourth-order valence-electron chi connectivity index (χ4n) is 6.30. The zero-order chi connectivity index (χ0) is 29.8. The normalized spacial score (nSPS) is 19.3. The highest BCUT2D eigenvalue weighted by atomic mass is 79.9. The Hall–Kier alpha value is -3.14. The smallest absolute Gasteiger partial charge is 0.251 e. The van der Waals surface area contributed by atoms with Crippen LogP contribution in [0.2, 0.25) is 0 Å². The predicted octanol–water partition coefficient (Wildman–Crippen LogP) is 5.35. The number of carbonyl (C=O) groups excluding carboxylic acids is 2. The van der Waals surface area contributed by atoms with Crippen LogP contribution in [0.4, 0.5) is 11.4 Å². The van der Waals surface area contributed by atoms with Crippen molar-refractivity contribution < 1.29 is 19.4 Å². The number of halogens is 1. The van der Waals surface area contributed by atoms with Gasteiger partial charge in [0.15, 0.2) is 0 Å². The minimum absolute atomic E-state index is 0.169. The highest BCUT2D eigenvalue weighted by molar-refractivity contribution is 9.10. The molecule has 3 N–H and O–H groups in total. The van der Waals surface area contributed by atoms with E-state index in [1.165, 1.54) is 19.3 Å². The first-order valence-corrected chi connectivity index (χ1v) is 15.7. The van der Waals surface area contributed by atoms with E-state index in [2.05, 4.69) is 26.6 Å². The SMILES string of the molecule is CN[C@@H](C)C(=O)N[C@H]1CN(C(O)CC2CCCCC2)c2ccccc2N(Cc2c(OC)ccc3cc(Br)ccc23)C1=O. The van der Waals surface area contributed by atoms with E-state index in [1.54, 1.807) is 26.0 Å². The van der Waals surface area contributed by atoms with Gasteiger partial charge in [-0.3, -0.25) is 9.59 Å². The number of nitrogens with one attached hydrogen (secondary N) is 2. The number of rotatable bonds is 9. The third-order valence-electron chi connectivity index (χ3n) is 8.78. The van der Waals surface area contributed by atoms with Gasteiger partial charge >= 0.3 is 0 Å². The fourth-order valence-corrected chi connectivity index (χ4v) is 6.68. The Morgan fingerprint density at radius 2 is 1.83 bits per heavy atom. The van der Waals surface area contributed by atoms with Crippen molar-refractivity contribution in [3.8, 4) is 5.75 Å². The van der Waals surface area contributed by atoms with E-state index in [0.29, 0.717) is 23.8 Å². The molecule has 0 aromatic heterocycles. The van der Waals surface area contributed by atoms with Crippen molar-refractivity contribution in [1.82, 2.24) is 10.6 Å². The molecule has 42 heavy (non-hydrogen) atoms. The Morgan fingerprint density at radius 1 is 1.10 bits per heavy atom. The Kier molecular flexibility index (Phi) is 9.70. The summed E-state index contributed by atoms with van der Waals surface area (Å²) in [7, 11) is 3.35. The van der Waals surface area contributed by atoms with E-state index in [1.807, 2.05) is 59.5 Å². The van der Waals surface area contributed by atoms with Gasteiger partial charge in [0, 0.05) is 16.6 Å². The van der Waals surface area contributed by atoms with Gasteiger partial charge in [-0.15, -0.1) is 0 Å². The van der Waals surface area contributed by atoms with Crippen LogP contribution in [0.5, 0.6) is 5.75 Å². The number of hydrogen-bond donors (Lipinski definition) is 3. The van der Waals surface area contributed by atoms with E-state index in [4.69, 9.17) is 4.74 Å². The van der Waals surface area contributed by atoms with Gasteiger partial charge < -0.3 is 30.3 Å². The van der Waals surface area contributed by atoms with Crippen molar-refractivity contribution in [3.63, 3.8) is 0 Å². The lowest BCUT2D eigenvalue weighted by Crippen LogP contribution is -2.56. The second-order valence-electron chi connectivity index (χ2n) is 11.5. The van der Waals surface area contributed by atoms with Crippen LogP contribution in [0.1, 0.15) is 51.0 Å². The molecule has 8 nitrogen and oxygen atoms in total. The second kappa shape index (κ2) is 13.4. The summed E-state index contributed by atoms with van der Waals surface area (Å²) in [6, 6.07) is 16.4. The Labute approximate surface area is 256 Å². The Bertz CT molecular complexity index is 1430. The quantitative estimate of drug-likeness (QED) is 0.293. The van der Waals surface area contributed by atoms with E-state index in [0.717, 1.165) is 39.3 Å². The third kappa shape index (κ3) is 6.43. The molecule has 3 atom stereocenters. The van der Waals surface area contributed by atoms with Crippen LogP contribution in [0.25, 0.3) is 10.8 Å². The standard InChI is InChI=1S/C33H41BrN4O4/c1-21(35-2)32(40)36-27-20-37(31(39)17-22-9-5-4-6-10-22)28-11-7-8-12-29(28)38(33(27)41)19-26-25-15-14-24(34)18-23(25)13-16-30(26)42-3/h7-8,11-16,18,21-22,27,31,35,39H,4-6,9-10,17,19-20H2,1-3H3,(H,36,40)/t21-,27-,31?/m0/s1. The van der Waals surface area contributed by atoms with Crippen molar-refractivity contribution in [3.05, 3.63) is 64.6 Å². The van der Waals surface area contributed by atoms with E-state index >= 15 is 0 Å². The first kappa shape index (κ1) is 30.3. The van der Waals surface area contributed by atoms with Crippen molar-refractivity contribution in [2.45, 2.75) is 70.3 Å². The maximum Gasteiger partial charge on any atom is 0.251 e. The van der Waals surface area contributed by atoms with Gasteiger partial charge in [0.25, 0.3) is 5.91 Å². The van der Waals surface area contributed by atoms with Crippen molar-refractivity contribution in [2.24, 2.45) is 5.92 Å². The molecule has 2 amide bonds. The van der Waals surface area contributed by atoms with Gasteiger partial charge in [0.1, 0.15) is 18.0 Å². The molecular weight excluding hydrogens is 596 g/mol. The number of likely N-dealkylation sites (N-methyl/N-ethyl adjacent to an activating group) is 1. The van der Waals surface area contributed by atoms with Crippen LogP contribution in [0, 0.1) is 5.92 Å². The molecule has 224 valence electrons. The average molecular weight is 638 g/mol. The Morgan fingerprint density at radius 3 is 2.55 bits per heavy atom. The lowest BCUT2D eigenvalue weighted by molar-refractivity contribution is -0.128. The molecule has 3 aromatic rings. The first-order chi connectivity index (χ1) is 20.3. The number of ether oxygens (including phenoxy) is 1. The zero-order valence-electron chi connectivity index (χ0n) is 24.6. The molecule has 1 aliphatic carbocycles. The minimum Gasteiger partial charge on any atom is -0.496 e. The number of para-hydroxylation sites is 2. The molecule has 0 bridgehead atoms. The summed E-state index contributed by atoms with van der Waals surface area (Å²) >= 11 is 3.57. The van der Waals surface area contributed by atoms with E-state index in [9.17, 15) is 14.7 Å². The molecule has 3 aromatic carbocycles. The highest BCUT2D eigenvalue weighted by Gasteiger charge is 2.38. The monoisotopic (exact) mass is 636 g/mol. The summed E-state index contributed by atoms with van der Waals surface area (Å²) < 4.78 is 6.75. The molecule has 1 saturated carbocycles. The number of aliphatic hydroxyl groups is 1. The summed E-state index contributed by atoms with van der Waals surface area (Å²) in [5.41, 5.74) is 2.34. The third-order valence-corrected chi connectivity index (χ3v) is 9.28. The number of amides is 2. The largest absolute Gasteiger partial charge is 0.496 e. The van der Waals surface area contributed by atoms with Gasteiger partial charge in [-0.05, 0) is 67.4 Å². The van der Waals surface area contributed by atoms with Crippen LogP contribution in [-0.4, -0.2) is 55.9 Å². The van der Waals surface area contributed by atoms with Gasteiger partial charge in [-0.1, -0.05) is 72.3 Å². The van der Waals surface area contributed by atoms with Gasteiger partial charge in [0.2, 0.25) is 5.91 Å². The topological polar surface area (TPSA) is 94.1 Å². The number of nitrogens with zero attached hydrogens (tertiary/aromatic N) is 2. The fraction of sp³-hybridized carbons (Fsp3) is 0.455. The number of benzene rings is 3. The van der Waals surface area contributed by atoms with Gasteiger partial charge in [-0.2, -0.15) is 0 Å². The molecule has 5 rings (SSSR count). The molecule has 0 saturated heterocycles. The summed E-state index contributed by atoms with van der Waals surface area (Å²) in [6.45, 7) is 2.17.